The van der Waals surface area contributed by atoms with Gasteiger partial charge in [0.2, 0.25) is 0 Å². The highest BCUT2D eigenvalue weighted by molar-refractivity contribution is 9.10. The van der Waals surface area contributed by atoms with Crippen molar-refractivity contribution in [2.75, 3.05) is 25.1 Å². The molecule has 3 rings (SSSR count). The Hall–Kier alpha value is -2.51. The summed E-state index contributed by atoms with van der Waals surface area (Å²) >= 11 is 9.23. The molecule has 0 aliphatic carbocycles. The van der Waals surface area contributed by atoms with Crippen molar-refractivity contribution < 1.29 is 23.8 Å². The summed E-state index contributed by atoms with van der Waals surface area (Å²) in [4.78, 5) is 23.8. The smallest absolute Gasteiger partial charge is 0.331 e. The van der Waals surface area contributed by atoms with E-state index in [0.717, 1.165) is 5.56 Å². The summed E-state index contributed by atoms with van der Waals surface area (Å²) in [5.41, 5.74) is 1.25. The van der Waals surface area contributed by atoms with Crippen molar-refractivity contribution in [3.63, 3.8) is 0 Å². The first-order valence-electron chi connectivity index (χ1n) is 8.00. The average Bonchev–Trinajstić information content (AvgIpc) is 2.65. The minimum atomic E-state index is -0.633. The standard InChI is InChI=1S/C19H15BrClNO5/c20-14-9-16-17(26-7-6-25-16)10-15(14)22-18(23)11-27-19(24)5-4-12-2-1-3-13(21)8-12/h1-5,8-10H,6-7,11H2,(H,22,23)/b5-4+. The molecule has 2 aromatic carbocycles. The third-order valence-corrected chi connectivity index (χ3v) is 4.40. The van der Waals surface area contributed by atoms with Gasteiger partial charge in [0.05, 0.1) is 5.69 Å². The summed E-state index contributed by atoms with van der Waals surface area (Å²) in [7, 11) is 0. The van der Waals surface area contributed by atoms with Gasteiger partial charge in [-0.1, -0.05) is 23.7 Å². The molecule has 0 saturated carbocycles. The van der Waals surface area contributed by atoms with E-state index in [4.69, 9.17) is 25.8 Å². The van der Waals surface area contributed by atoms with Gasteiger partial charge >= 0.3 is 5.97 Å². The van der Waals surface area contributed by atoms with E-state index in [-0.39, 0.29) is 0 Å². The second-order valence-corrected chi connectivity index (χ2v) is 6.81. The summed E-state index contributed by atoms with van der Waals surface area (Å²) < 4.78 is 16.5. The summed E-state index contributed by atoms with van der Waals surface area (Å²) in [6.45, 7) is 0.502. The monoisotopic (exact) mass is 451 g/mol. The lowest BCUT2D eigenvalue weighted by Gasteiger charge is -2.20. The molecule has 0 atom stereocenters. The van der Waals surface area contributed by atoms with E-state index in [0.29, 0.717) is 39.9 Å². The van der Waals surface area contributed by atoms with Crippen LogP contribution in [-0.4, -0.2) is 31.7 Å². The lowest BCUT2D eigenvalue weighted by Crippen LogP contribution is -2.21. The zero-order chi connectivity index (χ0) is 19.2. The van der Waals surface area contributed by atoms with Crippen LogP contribution >= 0.6 is 27.5 Å². The van der Waals surface area contributed by atoms with Crippen molar-refractivity contribution >= 4 is 51.2 Å². The van der Waals surface area contributed by atoms with Gasteiger partial charge in [-0.3, -0.25) is 4.79 Å². The van der Waals surface area contributed by atoms with Gasteiger partial charge in [-0.25, -0.2) is 4.79 Å². The predicted octanol–water partition coefficient (Wildman–Crippen LogP) is 4.07. The molecule has 0 saturated heterocycles. The van der Waals surface area contributed by atoms with Crippen molar-refractivity contribution in [1.29, 1.82) is 0 Å². The van der Waals surface area contributed by atoms with E-state index in [1.165, 1.54) is 6.08 Å². The molecule has 1 aliphatic rings. The largest absolute Gasteiger partial charge is 0.486 e. The number of anilines is 1. The molecule has 1 aliphatic heterocycles. The number of carbonyl (C=O) groups excluding carboxylic acids is 2. The van der Waals surface area contributed by atoms with Crippen molar-refractivity contribution in [3.05, 3.63) is 57.5 Å². The van der Waals surface area contributed by atoms with E-state index >= 15 is 0 Å². The minimum Gasteiger partial charge on any atom is -0.486 e. The summed E-state index contributed by atoms with van der Waals surface area (Å²) in [6.07, 6.45) is 2.79. The first-order chi connectivity index (χ1) is 13.0. The molecule has 1 N–H and O–H groups in total. The van der Waals surface area contributed by atoms with Crippen LogP contribution in [0.25, 0.3) is 6.08 Å². The second-order valence-electron chi connectivity index (χ2n) is 5.52. The van der Waals surface area contributed by atoms with Gasteiger partial charge in [-0.2, -0.15) is 0 Å². The third kappa shape index (κ3) is 5.48. The van der Waals surface area contributed by atoms with Crippen LogP contribution in [0.3, 0.4) is 0 Å². The van der Waals surface area contributed by atoms with E-state index in [9.17, 15) is 9.59 Å². The van der Waals surface area contributed by atoms with Crippen LogP contribution in [0.15, 0.2) is 46.9 Å². The summed E-state index contributed by atoms with van der Waals surface area (Å²) in [5, 5.41) is 3.22. The van der Waals surface area contributed by atoms with Crippen LogP contribution in [0.2, 0.25) is 5.02 Å². The number of amides is 1. The first-order valence-corrected chi connectivity index (χ1v) is 9.18. The van der Waals surface area contributed by atoms with Gasteiger partial charge in [0.25, 0.3) is 5.91 Å². The SMILES string of the molecule is O=C(COC(=O)/C=C/c1cccc(Cl)c1)Nc1cc2c(cc1Br)OCCO2. The van der Waals surface area contributed by atoms with Gasteiger partial charge in [0, 0.05) is 27.7 Å². The molecule has 8 heteroatoms. The van der Waals surface area contributed by atoms with Crippen LogP contribution in [-0.2, 0) is 14.3 Å². The highest BCUT2D eigenvalue weighted by atomic mass is 79.9. The highest BCUT2D eigenvalue weighted by Gasteiger charge is 2.16. The lowest BCUT2D eigenvalue weighted by atomic mass is 10.2. The molecule has 0 aromatic heterocycles. The molecule has 1 amide bonds. The normalized spacial score (nSPS) is 12.7. The van der Waals surface area contributed by atoms with E-state index in [2.05, 4.69) is 21.2 Å². The molecular formula is C19H15BrClNO5. The van der Waals surface area contributed by atoms with E-state index < -0.39 is 18.5 Å². The Balaban J connectivity index is 1.53. The Morgan fingerprint density at radius 2 is 1.93 bits per heavy atom. The maximum Gasteiger partial charge on any atom is 0.331 e. The molecule has 1 heterocycles. The van der Waals surface area contributed by atoms with E-state index in [1.807, 2.05) is 0 Å². The number of hydrogen-bond acceptors (Lipinski definition) is 5. The number of nitrogens with one attached hydrogen (secondary N) is 1. The Bertz CT molecular complexity index is 900. The minimum absolute atomic E-state index is 0.417. The maximum atomic E-state index is 12.0. The number of ether oxygens (including phenoxy) is 3. The Labute approximate surface area is 169 Å². The fourth-order valence-corrected chi connectivity index (χ4v) is 2.93. The maximum absolute atomic E-state index is 12.0. The van der Waals surface area contributed by atoms with Gasteiger partial charge in [-0.15, -0.1) is 0 Å². The Morgan fingerprint density at radius 3 is 2.67 bits per heavy atom. The second kappa shape index (κ2) is 8.92. The fraction of sp³-hybridized carbons (Fsp3) is 0.158. The molecule has 0 spiro atoms. The number of carbonyl (C=O) groups is 2. The predicted molar refractivity (Wildman–Crippen MR) is 105 cm³/mol. The van der Waals surface area contributed by atoms with Crippen molar-refractivity contribution in [2.24, 2.45) is 0 Å². The Morgan fingerprint density at radius 1 is 1.19 bits per heavy atom. The Kier molecular flexibility index (Phi) is 6.36. The van der Waals surface area contributed by atoms with Crippen molar-refractivity contribution in [1.82, 2.24) is 0 Å². The molecule has 140 valence electrons. The van der Waals surface area contributed by atoms with Crippen molar-refractivity contribution in [2.45, 2.75) is 0 Å². The molecule has 0 unspecified atom stereocenters. The number of hydrogen-bond donors (Lipinski definition) is 1. The first kappa shape index (κ1) is 19.3. The highest BCUT2D eigenvalue weighted by Crippen LogP contribution is 2.38. The van der Waals surface area contributed by atoms with Gasteiger partial charge in [0.15, 0.2) is 18.1 Å². The molecule has 0 bridgehead atoms. The fourth-order valence-electron chi connectivity index (χ4n) is 2.31. The van der Waals surface area contributed by atoms with Crippen LogP contribution in [0, 0.1) is 0 Å². The zero-order valence-corrected chi connectivity index (χ0v) is 16.4. The lowest BCUT2D eigenvalue weighted by molar-refractivity contribution is -0.142. The van der Waals surface area contributed by atoms with Crippen molar-refractivity contribution in [3.8, 4) is 11.5 Å². The van der Waals surface area contributed by atoms with Crippen LogP contribution in [0.1, 0.15) is 5.56 Å². The van der Waals surface area contributed by atoms with E-state index in [1.54, 1.807) is 42.5 Å². The molecule has 0 fully saturated rings. The van der Waals surface area contributed by atoms with Crippen LogP contribution in [0.4, 0.5) is 5.69 Å². The molecule has 2 aromatic rings. The molecule has 0 radical (unpaired) electrons. The topological polar surface area (TPSA) is 73.9 Å². The average molecular weight is 453 g/mol. The van der Waals surface area contributed by atoms with Gasteiger partial charge < -0.3 is 19.5 Å². The number of rotatable bonds is 5. The number of fused-ring (bicyclic) bond motifs is 1. The molecular weight excluding hydrogens is 438 g/mol. The summed E-state index contributed by atoms with van der Waals surface area (Å²) in [5.74, 6) is 0.0353. The van der Waals surface area contributed by atoms with Crippen LogP contribution < -0.4 is 14.8 Å². The van der Waals surface area contributed by atoms with Crippen LogP contribution in [0.5, 0.6) is 11.5 Å². The third-order valence-electron chi connectivity index (χ3n) is 3.51. The zero-order valence-electron chi connectivity index (χ0n) is 14.0. The number of benzene rings is 2. The molecule has 6 nitrogen and oxygen atoms in total. The quantitative estimate of drug-likeness (QED) is 0.547. The van der Waals surface area contributed by atoms with Gasteiger partial charge in [-0.05, 0) is 39.7 Å². The number of esters is 1. The van der Waals surface area contributed by atoms with Gasteiger partial charge in [0.1, 0.15) is 13.2 Å². The number of halogens is 2. The molecule has 27 heavy (non-hydrogen) atoms. The summed E-state index contributed by atoms with van der Waals surface area (Å²) in [6, 6.07) is 10.4.